The molecule has 0 saturated carbocycles. The van der Waals surface area contributed by atoms with E-state index in [2.05, 4.69) is 5.32 Å². The van der Waals surface area contributed by atoms with E-state index in [-0.39, 0.29) is 11.7 Å². The summed E-state index contributed by atoms with van der Waals surface area (Å²) >= 11 is 0. The summed E-state index contributed by atoms with van der Waals surface area (Å²) < 4.78 is 43.0. The number of ether oxygens (including phenoxy) is 1. The quantitative estimate of drug-likeness (QED) is 0.576. The van der Waals surface area contributed by atoms with Crippen molar-refractivity contribution in [2.45, 2.75) is 38.8 Å². The fraction of sp³-hybridized carbons (Fsp3) is 0.533. The minimum Gasteiger partial charge on any atom is -0.466 e. The average Bonchev–Trinajstić information content (AvgIpc) is 2.42. The molecule has 0 aliphatic heterocycles. The number of carbonyl (C=O) groups is 1. The Morgan fingerprint density at radius 3 is 2.57 bits per heavy atom. The zero-order valence-corrected chi connectivity index (χ0v) is 12.0. The van der Waals surface area contributed by atoms with Gasteiger partial charge in [0.05, 0.1) is 12.2 Å². The number of halogens is 3. The Morgan fingerprint density at radius 1 is 1.19 bits per heavy atom. The summed E-state index contributed by atoms with van der Waals surface area (Å²) in [6.07, 6.45) is -1.85. The van der Waals surface area contributed by atoms with Gasteiger partial charge < -0.3 is 10.1 Å². The van der Waals surface area contributed by atoms with E-state index < -0.39 is 11.7 Å². The molecule has 0 heterocycles. The lowest BCUT2D eigenvalue weighted by atomic mass is 10.1. The molecule has 1 aromatic carbocycles. The fourth-order valence-electron chi connectivity index (χ4n) is 1.91. The van der Waals surface area contributed by atoms with Crippen LogP contribution in [-0.2, 0) is 15.7 Å². The molecule has 0 spiro atoms. The Morgan fingerprint density at radius 2 is 1.90 bits per heavy atom. The first-order valence-electron chi connectivity index (χ1n) is 7.01. The summed E-state index contributed by atoms with van der Waals surface area (Å²) in [4.78, 5) is 11.1. The predicted octanol–water partition coefficient (Wildman–Crippen LogP) is 4.24. The summed E-state index contributed by atoms with van der Waals surface area (Å²) in [5.41, 5.74) is -0.563. The summed E-state index contributed by atoms with van der Waals surface area (Å²) in [5.74, 6) is -0.229. The highest BCUT2D eigenvalue weighted by Gasteiger charge is 2.32. The average molecular weight is 303 g/mol. The number of benzene rings is 1. The molecule has 1 N–H and O–H groups in total. The second-order valence-electron chi connectivity index (χ2n) is 4.59. The highest BCUT2D eigenvalue weighted by molar-refractivity contribution is 5.69. The lowest BCUT2D eigenvalue weighted by molar-refractivity contribution is -0.143. The van der Waals surface area contributed by atoms with Crippen LogP contribution in [-0.4, -0.2) is 19.1 Å². The maximum atomic E-state index is 12.7. The smallest absolute Gasteiger partial charge is 0.418 e. The molecular formula is C15H20F3NO2. The second-order valence-corrected chi connectivity index (χ2v) is 4.59. The van der Waals surface area contributed by atoms with Crippen molar-refractivity contribution in [3.05, 3.63) is 29.8 Å². The molecule has 21 heavy (non-hydrogen) atoms. The highest BCUT2D eigenvalue weighted by atomic mass is 19.4. The Kier molecular flexibility index (Phi) is 7.05. The summed E-state index contributed by atoms with van der Waals surface area (Å²) in [6, 6.07) is 5.41. The standard InChI is InChI=1S/C15H20F3NO2/c1-2-21-14(20)10-4-3-7-11-19-13-9-6-5-8-12(13)15(16,17)18/h5-6,8-9,19H,2-4,7,10-11H2,1H3. The van der Waals surface area contributed by atoms with Crippen LogP contribution in [0.4, 0.5) is 18.9 Å². The number of carbonyl (C=O) groups excluding carboxylic acids is 1. The molecule has 1 rings (SSSR count). The van der Waals surface area contributed by atoms with Gasteiger partial charge in [0.15, 0.2) is 0 Å². The van der Waals surface area contributed by atoms with Crippen LogP contribution in [0.1, 0.15) is 38.2 Å². The third kappa shape index (κ3) is 6.51. The molecule has 0 saturated heterocycles. The van der Waals surface area contributed by atoms with Crippen molar-refractivity contribution in [1.82, 2.24) is 0 Å². The first-order valence-corrected chi connectivity index (χ1v) is 7.01. The SMILES string of the molecule is CCOC(=O)CCCCCNc1ccccc1C(F)(F)F. The number of esters is 1. The van der Waals surface area contributed by atoms with Crippen molar-refractivity contribution >= 4 is 11.7 Å². The molecule has 0 aliphatic carbocycles. The van der Waals surface area contributed by atoms with Gasteiger partial charge in [-0.2, -0.15) is 13.2 Å². The van der Waals surface area contributed by atoms with Gasteiger partial charge in [-0.15, -0.1) is 0 Å². The number of rotatable bonds is 8. The van der Waals surface area contributed by atoms with Gasteiger partial charge in [-0.25, -0.2) is 0 Å². The topological polar surface area (TPSA) is 38.3 Å². The number of alkyl halides is 3. The van der Waals surface area contributed by atoms with Gasteiger partial charge in [-0.3, -0.25) is 4.79 Å². The number of anilines is 1. The molecule has 0 unspecified atom stereocenters. The molecular weight excluding hydrogens is 283 g/mol. The molecule has 6 heteroatoms. The van der Waals surface area contributed by atoms with E-state index in [1.165, 1.54) is 12.1 Å². The van der Waals surface area contributed by atoms with E-state index in [4.69, 9.17) is 4.74 Å². The zero-order chi connectivity index (χ0) is 15.7. The van der Waals surface area contributed by atoms with Gasteiger partial charge in [0, 0.05) is 18.7 Å². The van der Waals surface area contributed by atoms with E-state index in [1.807, 2.05) is 0 Å². The predicted molar refractivity (Wildman–Crippen MR) is 75.0 cm³/mol. The van der Waals surface area contributed by atoms with Gasteiger partial charge in [-0.1, -0.05) is 18.6 Å². The minimum atomic E-state index is -4.35. The van der Waals surface area contributed by atoms with Gasteiger partial charge in [0.2, 0.25) is 0 Å². The molecule has 3 nitrogen and oxygen atoms in total. The van der Waals surface area contributed by atoms with Crippen molar-refractivity contribution in [1.29, 1.82) is 0 Å². The number of hydrogen-bond acceptors (Lipinski definition) is 3. The minimum absolute atomic E-state index is 0.0930. The maximum Gasteiger partial charge on any atom is 0.418 e. The number of nitrogens with one attached hydrogen (secondary N) is 1. The van der Waals surface area contributed by atoms with E-state index >= 15 is 0 Å². The molecule has 0 aliphatic rings. The van der Waals surface area contributed by atoms with Crippen LogP contribution in [0.5, 0.6) is 0 Å². The van der Waals surface area contributed by atoms with Crippen LogP contribution >= 0.6 is 0 Å². The Bertz CT molecular complexity index is 447. The molecule has 118 valence electrons. The fourth-order valence-corrected chi connectivity index (χ4v) is 1.91. The monoisotopic (exact) mass is 303 g/mol. The number of hydrogen-bond donors (Lipinski definition) is 1. The first-order chi connectivity index (χ1) is 9.95. The van der Waals surface area contributed by atoms with Crippen molar-refractivity contribution in [2.75, 3.05) is 18.5 Å². The number of unbranched alkanes of at least 4 members (excludes halogenated alkanes) is 2. The van der Waals surface area contributed by atoms with Crippen molar-refractivity contribution in [3.63, 3.8) is 0 Å². The van der Waals surface area contributed by atoms with Crippen LogP contribution in [0.15, 0.2) is 24.3 Å². The highest BCUT2D eigenvalue weighted by Crippen LogP contribution is 2.34. The third-order valence-electron chi connectivity index (χ3n) is 2.91. The summed E-state index contributed by atoms with van der Waals surface area (Å²) in [6.45, 7) is 2.56. The van der Waals surface area contributed by atoms with Gasteiger partial charge in [-0.05, 0) is 31.9 Å². The van der Waals surface area contributed by atoms with Gasteiger partial charge in [0.1, 0.15) is 0 Å². The van der Waals surface area contributed by atoms with Crippen LogP contribution in [0, 0.1) is 0 Å². The van der Waals surface area contributed by atoms with E-state index in [1.54, 1.807) is 13.0 Å². The van der Waals surface area contributed by atoms with Crippen LogP contribution in [0.3, 0.4) is 0 Å². The molecule has 0 atom stereocenters. The molecule has 0 amide bonds. The molecule has 0 aromatic heterocycles. The van der Waals surface area contributed by atoms with Gasteiger partial charge in [0.25, 0.3) is 0 Å². The first kappa shape index (κ1) is 17.3. The van der Waals surface area contributed by atoms with Crippen LogP contribution in [0.2, 0.25) is 0 Å². The largest absolute Gasteiger partial charge is 0.466 e. The molecule has 1 aromatic rings. The van der Waals surface area contributed by atoms with E-state index in [9.17, 15) is 18.0 Å². The third-order valence-corrected chi connectivity index (χ3v) is 2.91. The molecule has 0 radical (unpaired) electrons. The lowest BCUT2D eigenvalue weighted by Crippen LogP contribution is -2.11. The van der Waals surface area contributed by atoms with Crippen molar-refractivity contribution in [3.8, 4) is 0 Å². The van der Waals surface area contributed by atoms with Crippen LogP contribution in [0.25, 0.3) is 0 Å². The van der Waals surface area contributed by atoms with Crippen LogP contribution < -0.4 is 5.32 Å². The Labute approximate surface area is 122 Å². The Hall–Kier alpha value is -1.72. The van der Waals surface area contributed by atoms with Crippen molar-refractivity contribution < 1.29 is 22.7 Å². The Balaban J connectivity index is 2.29. The summed E-state index contributed by atoms with van der Waals surface area (Å²) in [5, 5.41) is 2.80. The number of para-hydroxylation sites is 1. The second kappa shape index (κ2) is 8.54. The normalized spacial score (nSPS) is 11.2. The molecule has 0 fully saturated rings. The summed E-state index contributed by atoms with van der Waals surface area (Å²) in [7, 11) is 0. The zero-order valence-electron chi connectivity index (χ0n) is 12.0. The van der Waals surface area contributed by atoms with Crippen molar-refractivity contribution in [2.24, 2.45) is 0 Å². The van der Waals surface area contributed by atoms with E-state index in [0.717, 1.165) is 12.5 Å². The lowest BCUT2D eigenvalue weighted by Gasteiger charge is -2.14. The van der Waals surface area contributed by atoms with Gasteiger partial charge >= 0.3 is 12.1 Å². The molecule has 0 bridgehead atoms. The maximum absolute atomic E-state index is 12.7. The van der Waals surface area contributed by atoms with E-state index in [0.29, 0.717) is 32.4 Å².